The number of fused-ring (bicyclic) bond motifs is 1. The molecular weight excluding hydrogens is 364 g/mol. The number of benzene rings is 1. The molecule has 2 heterocycles. The molecule has 7 nitrogen and oxygen atoms in total. The van der Waals surface area contributed by atoms with Crippen molar-refractivity contribution in [2.24, 2.45) is 7.05 Å². The van der Waals surface area contributed by atoms with E-state index in [2.05, 4.69) is 25.9 Å². The highest BCUT2D eigenvalue weighted by atomic mass is 79.9. The van der Waals surface area contributed by atoms with E-state index in [1.165, 1.54) is 22.5 Å². The van der Waals surface area contributed by atoms with Gasteiger partial charge in [-0.15, -0.1) is 0 Å². The van der Waals surface area contributed by atoms with Gasteiger partial charge in [0.15, 0.2) is 16.9 Å². The summed E-state index contributed by atoms with van der Waals surface area (Å²) in [6.07, 6.45) is 1.40. The molecule has 1 N–H and O–H groups in total. The number of ketones is 1. The van der Waals surface area contributed by atoms with E-state index in [1.807, 2.05) is 0 Å². The largest absolute Gasteiger partial charge is 0.329 e. The first-order valence-corrected chi connectivity index (χ1v) is 7.65. The zero-order valence-corrected chi connectivity index (χ0v) is 14.0. The third kappa shape index (κ3) is 2.55. The molecule has 23 heavy (non-hydrogen) atoms. The molecular formula is C15H13BrN4O3. The number of hydrogen-bond donors (Lipinski definition) is 1. The van der Waals surface area contributed by atoms with Crippen LogP contribution >= 0.6 is 15.9 Å². The molecule has 0 saturated heterocycles. The van der Waals surface area contributed by atoms with E-state index in [4.69, 9.17) is 0 Å². The molecule has 0 aliphatic carbocycles. The van der Waals surface area contributed by atoms with Crippen molar-refractivity contribution in [1.82, 2.24) is 19.1 Å². The van der Waals surface area contributed by atoms with Crippen LogP contribution in [0.15, 0.2) is 44.7 Å². The molecule has 3 rings (SSSR count). The number of nitrogens with one attached hydrogen (secondary N) is 1. The number of nitrogens with zero attached hydrogens (tertiary/aromatic N) is 3. The highest BCUT2D eigenvalue weighted by molar-refractivity contribution is 9.10. The lowest BCUT2D eigenvalue weighted by molar-refractivity contribution is 0.0937. The fraction of sp³-hybridized carbons (Fsp3) is 0.200. The number of imidazole rings is 1. The van der Waals surface area contributed by atoms with Gasteiger partial charge in [-0.25, -0.2) is 9.78 Å². The van der Waals surface area contributed by atoms with Gasteiger partial charge in [0.2, 0.25) is 0 Å². The fourth-order valence-corrected chi connectivity index (χ4v) is 2.69. The number of aryl methyl sites for hydroxylation is 1. The molecule has 2 aromatic heterocycles. The van der Waals surface area contributed by atoms with E-state index < -0.39 is 17.3 Å². The van der Waals surface area contributed by atoms with Crippen LogP contribution in [0.25, 0.3) is 11.2 Å². The lowest BCUT2D eigenvalue weighted by atomic mass is 10.1. The van der Waals surface area contributed by atoms with Crippen LogP contribution in [0.3, 0.4) is 0 Å². The van der Waals surface area contributed by atoms with E-state index in [9.17, 15) is 14.4 Å². The molecule has 0 aliphatic heterocycles. The molecule has 0 bridgehead atoms. The predicted octanol–water partition coefficient (Wildman–Crippen LogP) is 1.63. The normalized spacial score (nSPS) is 12.5. The van der Waals surface area contributed by atoms with Crippen LogP contribution < -0.4 is 11.2 Å². The minimum absolute atomic E-state index is 0.148. The Labute approximate surface area is 138 Å². The monoisotopic (exact) mass is 376 g/mol. The lowest BCUT2D eigenvalue weighted by Gasteiger charge is -2.13. The number of carbonyl (C=O) groups is 1. The highest BCUT2D eigenvalue weighted by Gasteiger charge is 2.21. The molecule has 1 aromatic carbocycles. The molecule has 0 fully saturated rings. The van der Waals surface area contributed by atoms with E-state index in [-0.39, 0.29) is 16.9 Å². The van der Waals surface area contributed by atoms with Crippen molar-refractivity contribution in [3.8, 4) is 0 Å². The lowest BCUT2D eigenvalue weighted by Crippen LogP contribution is -2.30. The molecule has 0 unspecified atom stereocenters. The SMILES string of the molecule is C[C@H](C(=O)c1ccc(Br)cc1)n1cnc2c1c(=O)[nH]c(=O)n2C. The van der Waals surface area contributed by atoms with E-state index in [0.717, 1.165) is 4.47 Å². The van der Waals surface area contributed by atoms with Crippen molar-refractivity contribution in [1.29, 1.82) is 0 Å². The van der Waals surface area contributed by atoms with Crippen molar-refractivity contribution < 1.29 is 4.79 Å². The number of hydrogen-bond acceptors (Lipinski definition) is 4. The van der Waals surface area contributed by atoms with Crippen LogP contribution in [0.2, 0.25) is 0 Å². The van der Waals surface area contributed by atoms with Gasteiger partial charge < -0.3 is 4.57 Å². The zero-order valence-electron chi connectivity index (χ0n) is 12.4. The van der Waals surface area contributed by atoms with Crippen LogP contribution in [0, 0.1) is 0 Å². The Bertz CT molecular complexity index is 1010. The maximum absolute atomic E-state index is 12.6. The van der Waals surface area contributed by atoms with Gasteiger partial charge in [0.1, 0.15) is 0 Å². The second-order valence-corrected chi connectivity index (χ2v) is 6.11. The number of carbonyl (C=O) groups excluding carboxylic acids is 1. The Morgan fingerprint density at radius 1 is 1.26 bits per heavy atom. The summed E-state index contributed by atoms with van der Waals surface area (Å²) in [5.41, 5.74) is -0.126. The van der Waals surface area contributed by atoms with Crippen molar-refractivity contribution in [3.05, 3.63) is 61.5 Å². The van der Waals surface area contributed by atoms with Crippen LogP contribution in [-0.2, 0) is 7.05 Å². The molecule has 118 valence electrons. The van der Waals surface area contributed by atoms with Crippen molar-refractivity contribution in [2.45, 2.75) is 13.0 Å². The summed E-state index contributed by atoms with van der Waals surface area (Å²) in [7, 11) is 1.51. The Hall–Kier alpha value is -2.48. The van der Waals surface area contributed by atoms with Crippen LogP contribution in [0.5, 0.6) is 0 Å². The maximum Gasteiger partial charge on any atom is 0.329 e. The third-order valence-electron chi connectivity index (χ3n) is 3.76. The van der Waals surface area contributed by atoms with Gasteiger partial charge in [-0.05, 0) is 19.1 Å². The van der Waals surface area contributed by atoms with Crippen molar-refractivity contribution in [3.63, 3.8) is 0 Å². The number of H-pyrrole nitrogens is 1. The quantitative estimate of drug-likeness (QED) is 0.703. The zero-order chi connectivity index (χ0) is 16.7. The van der Waals surface area contributed by atoms with E-state index >= 15 is 0 Å². The van der Waals surface area contributed by atoms with Crippen LogP contribution in [0.4, 0.5) is 0 Å². The number of aromatic nitrogens is 4. The average molecular weight is 377 g/mol. The van der Waals surface area contributed by atoms with E-state index in [1.54, 1.807) is 31.2 Å². The van der Waals surface area contributed by atoms with Gasteiger partial charge in [0.25, 0.3) is 5.56 Å². The van der Waals surface area contributed by atoms with Crippen LogP contribution in [0.1, 0.15) is 23.3 Å². The number of Topliss-reactive ketones (excluding diaryl/α,β-unsaturated/α-hetero) is 1. The average Bonchev–Trinajstić information content (AvgIpc) is 2.97. The number of halogens is 1. The van der Waals surface area contributed by atoms with Gasteiger partial charge >= 0.3 is 5.69 Å². The van der Waals surface area contributed by atoms with Crippen LogP contribution in [-0.4, -0.2) is 24.9 Å². The minimum Gasteiger partial charge on any atom is -0.314 e. The Balaban J connectivity index is 2.11. The van der Waals surface area contributed by atoms with Gasteiger partial charge in [-0.2, -0.15) is 0 Å². The smallest absolute Gasteiger partial charge is 0.314 e. The molecule has 0 spiro atoms. The van der Waals surface area contributed by atoms with Gasteiger partial charge in [0.05, 0.1) is 12.4 Å². The maximum atomic E-state index is 12.6. The van der Waals surface area contributed by atoms with Gasteiger partial charge in [-0.1, -0.05) is 28.1 Å². The summed E-state index contributed by atoms with van der Waals surface area (Å²) in [5.74, 6) is -0.148. The second kappa shape index (κ2) is 5.62. The van der Waals surface area contributed by atoms with Crippen molar-refractivity contribution in [2.75, 3.05) is 0 Å². The fourth-order valence-electron chi connectivity index (χ4n) is 2.43. The minimum atomic E-state index is -0.625. The number of rotatable bonds is 3. The Morgan fingerprint density at radius 2 is 1.91 bits per heavy atom. The molecule has 0 aliphatic rings. The molecule has 1 atom stereocenters. The summed E-state index contributed by atoms with van der Waals surface area (Å²) in [6.45, 7) is 1.69. The van der Waals surface area contributed by atoms with Gasteiger partial charge in [-0.3, -0.25) is 19.1 Å². The first-order chi connectivity index (χ1) is 10.9. The Kier molecular flexibility index (Phi) is 3.77. The summed E-state index contributed by atoms with van der Waals surface area (Å²) in [6, 6.07) is 6.36. The van der Waals surface area contributed by atoms with Crippen molar-refractivity contribution >= 4 is 32.9 Å². The van der Waals surface area contributed by atoms with E-state index in [0.29, 0.717) is 5.56 Å². The topological polar surface area (TPSA) is 89.8 Å². The summed E-state index contributed by atoms with van der Waals surface area (Å²) in [5, 5.41) is 0. The summed E-state index contributed by atoms with van der Waals surface area (Å²) < 4.78 is 3.60. The first kappa shape index (κ1) is 15.4. The molecule has 0 saturated carbocycles. The molecule has 8 heteroatoms. The predicted molar refractivity (Wildman–Crippen MR) is 88.8 cm³/mol. The first-order valence-electron chi connectivity index (χ1n) is 6.85. The Morgan fingerprint density at radius 3 is 2.57 bits per heavy atom. The standard InChI is InChI=1S/C15H13BrN4O3/c1-8(12(21)9-3-5-10(16)6-4-9)20-7-17-13-11(20)14(22)18-15(23)19(13)2/h3-8H,1-2H3,(H,18,22,23)/t8-/m1/s1. The molecule has 0 radical (unpaired) electrons. The molecule has 3 aromatic rings. The third-order valence-corrected chi connectivity index (χ3v) is 4.29. The van der Waals surface area contributed by atoms with Gasteiger partial charge in [0, 0.05) is 17.1 Å². The second-order valence-electron chi connectivity index (χ2n) is 5.19. The summed E-state index contributed by atoms with van der Waals surface area (Å²) in [4.78, 5) is 42.6. The highest BCUT2D eigenvalue weighted by Crippen LogP contribution is 2.19. The summed E-state index contributed by atoms with van der Waals surface area (Å²) >= 11 is 3.32. The number of aromatic amines is 1. The molecule has 0 amide bonds.